The maximum absolute atomic E-state index is 10.3. The Labute approximate surface area is 221 Å². The first kappa shape index (κ1) is 26.3. The number of rotatable bonds is 8. The van der Waals surface area contributed by atoms with Crippen LogP contribution in [0.4, 0.5) is 5.69 Å². The standard InChI is InChI=1S/C28H29Cl2N3O3/c1-19(35)18-36-24-10-11-26(25(30)14-24)33-13-12-32(16-27(33)21-6-8-23(29)9-7-21)28(17-34)22-4-2-20(15-31)3-5-22/h2-11,14,19,27-28,34-35H,12-13,16-18H2,1H3/t19-,27+,28+/m1/s1. The van der Waals surface area contributed by atoms with E-state index in [9.17, 15) is 10.2 Å². The van der Waals surface area contributed by atoms with Crippen molar-refractivity contribution in [2.75, 3.05) is 37.7 Å². The lowest BCUT2D eigenvalue weighted by Gasteiger charge is -2.46. The third-order valence-electron chi connectivity index (χ3n) is 6.42. The molecule has 2 N–H and O–H groups in total. The lowest BCUT2D eigenvalue weighted by molar-refractivity contribution is 0.103. The highest BCUT2D eigenvalue weighted by Crippen LogP contribution is 2.39. The van der Waals surface area contributed by atoms with Crippen molar-refractivity contribution in [3.8, 4) is 11.8 Å². The fourth-order valence-corrected chi connectivity index (χ4v) is 4.99. The van der Waals surface area contributed by atoms with Gasteiger partial charge in [-0.2, -0.15) is 5.26 Å². The molecule has 0 aromatic heterocycles. The molecular weight excluding hydrogens is 497 g/mol. The number of anilines is 1. The van der Waals surface area contributed by atoms with Crippen molar-refractivity contribution in [2.24, 2.45) is 0 Å². The Morgan fingerprint density at radius 2 is 1.78 bits per heavy atom. The Morgan fingerprint density at radius 1 is 1.06 bits per heavy atom. The fraction of sp³-hybridized carbons (Fsp3) is 0.321. The summed E-state index contributed by atoms with van der Waals surface area (Å²) in [6.45, 7) is 3.89. The Hall–Kier alpha value is -2.79. The molecule has 0 saturated carbocycles. The molecule has 1 saturated heterocycles. The predicted molar refractivity (Wildman–Crippen MR) is 143 cm³/mol. The molecule has 4 rings (SSSR count). The Morgan fingerprint density at radius 3 is 2.39 bits per heavy atom. The molecule has 0 bridgehead atoms. The van der Waals surface area contributed by atoms with E-state index in [4.69, 9.17) is 33.2 Å². The van der Waals surface area contributed by atoms with E-state index in [1.165, 1.54) is 0 Å². The topological polar surface area (TPSA) is 80.0 Å². The molecule has 8 heteroatoms. The normalized spacial score (nSPS) is 17.9. The summed E-state index contributed by atoms with van der Waals surface area (Å²) in [5.41, 5.74) is 3.54. The predicted octanol–water partition coefficient (Wildman–Crippen LogP) is 5.22. The van der Waals surface area contributed by atoms with Gasteiger partial charge in [-0.1, -0.05) is 47.5 Å². The van der Waals surface area contributed by atoms with Crippen LogP contribution in [0.25, 0.3) is 0 Å². The molecule has 36 heavy (non-hydrogen) atoms. The van der Waals surface area contributed by atoms with Crippen LogP contribution >= 0.6 is 23.2 Å². The monoisotopic (exact) mass is 525 g/mol. The summed E-state index contributed by atoms with van der Waals surface area (Å²) in [5, 5.41) is 30.2. The van der Waals surface area contributed by atoms with E-state index in [-0.39, 0.29) is 25.3 Å². The molecule has 188 valence electrons. The zero-order valence-electron chi connectivity index (χ0n) is 20.0. The van der Waals surface area contributed by atoms with Gasteiger partial charge in [-0.25, -0.2) is 0 Å². The summed E-state index contributed by atoms with van der Waals surface area (Å²) in [6.07, 6.45) is -0.568. The van der Waals surface area contributed by atoms with Crippen LogP contribution in [0.2, 0.25) is 10.0 Å². The molecule has 1 fully saturated rings. The van der Waals surface area contributed by atoms with Gasteiger partial charge in [-0.15, -0.1) is 0 Å². The van der Waals surface area contributed by atoms with Crippen molar-refractivity contribution in [1.29, 1.82) is 5.26 Å². The zero-order chi connectivity index (χ0) is 25.7. The van der Waals surface area contributed by atoms with Gasteiger partial charge in [0.05, 0.1) is 47.1 Å². The van der Waals surface area contributed by atoms with E-state index in [0.717, 1.165) is 16.8 Å². The number of nitrogens with zero attached hydrogens (tertiary/aromatic N) is 3. The number of hydrogen-bond acceptors (Lipinski definition) is 6. The molecule has 1 aliphatic heterocycles. The van der Waals surface area contributed by atoms with Crippen LogP contribution in [0.15, 0.2) is 66.7 Å². The molecule has 0 radical (unpaired) electrons. The third kappa shape index (κ3) is 6.12. The second kappa shape index (κ2) is 12.0. The SMILES string of the molecule is C[C@@H](O)COc1ccc(N2CCN([C@@H](CO)c3ccc(C#N)cc3)C[C@H]2c2ccc(Cl)cc2)c(Cl)c1. The van der Waals surface area contributed by atoms with Crippen LogP contribution < -0.4 is 9.64 Å². The average molecular weight is 526 g/mol. The van der Waals surface area contributed by atoms with Gasteiger partial charge in [0, 0.05) is 30.7 Å². The van der Waals surface area contributed by atoms with Crippen LogP contribution in [0.5, 0.6) is 5.75 Å². The second-order valence-corrected chi connectivity index (χ2v) is 9.80. The lowest BCUT2D eigenvalue weighted by atomic mass is 9.97. The van der Waals surface area contributed by atoms with E-state index in [1.807, 2.05) is 48.5 Å². The molecule has 6 nitrogen and oxygen atoms in total. The molecule has 0 amide bonds. The highest BCUT2D eigenvalue weighted by atomic mass is 35.5. The third-order valence-corrected chi connectivity index (χ3v) is 6.98. The Bertz CT molecular complexity index is 1200. The number of benzene rings is 3. The Balaban J connectivity index is 1.63. The molecule has 0 aliphatic carbocycles. The number of hydrogen-bond donors (Lipinski definition) is 2. The molecule has 3 aromatic rings. The zero-order valence-corrected chi connectivity index (χ0v) is 21.5. The molecule has 3 atom stereocenters. The maximum Gasteiger partial charge on any atom is 0.121 e. The van der Waals surface area contributed by atoms with Crippen molar-refractivity contribution >= 4 is 28.9 Å². The maximum atomic E-state index is 10.3. The van der Waals surface area contributed by atoms with Crippen LogP contribution in [-0.4, -0.2) is 54.1 Å². The number of aliphatic hydroxyl groups is 2. The lowest BCUT2D eigenvalue weighted by Crippen LogP contribution is -2.50. The minimum absolute atomic E-state index is 0.0324. The van der Waals surface area contributed by atoms with Gasteiger partial charge in [-0.05, 0) is 54.4 Å². The summed E-state index contributed by atoms with van der Waals surface area (Å²) < 4.78 is 5.62. The van der Waals surface area contributed by atoms with Crippen molar-refractivity contribution in [3.05, 3.63) is 93.5 Å². The summed E-state index contributed by atoms with van der Waals surface area (Å²) in [5.74, 6) is 0.604. The summed E-state index contributed by atoms with van der Waals surface area (Å²) >= 11 is 12.9. The Kier molecular flexibility index (Phi) is 8.73. The fourth-order valence-electron chi connectivity index (χ4n) is 4.58. The minimum atomic E-state index is -0.568. The van der Waals surface area contributed by atoms with E-state index in [2.05, 4.69) is 15.9 Å². The van der Waals surface area contributed by atoms with Crippen LogP contribution in [0.1, 0.15) is 35.7 Å². The molecule has 0 unspecified atom stereocenters. The first-order valence-electron chi connectivity index (χ1n) is 11.9. The highest BCUT2D eigenvalue weighted by Gasteiger charge is 2.33. The number of halogens is 2. The summed E-state index contributed by atoms with van der Waals surface area (Å²) in [4.78, 5) is 4.54. The molecule has 1 aliphatic rings. The van der Waals surface area contributed by atoms with Gasteiger partial charge in [0.25, 0.3) is 0 Å². The van der Waals surface area contributed by atoms with Crippen LogP contribution in [0.3, 0.4) is 0 Å². The molecular formula is C28H29Cl2N3O3. The first-order chi connectivity index (χ1) is 17.4. The molecule has 3 aromatic carbocycles. The van der Waals surface area contributed by atoms with Gasteiger partial charge >= 0.3 is 0 Å². The van der Waals surface area contributed by atoms with E-state index in [1.54, 1.807) is 25.1 Å². The van der Waals surface area contributed by atoms with Crippen molar-refractivity contribution in [1.82, 2.24) is 4.90 Å². The van der Waals surface area contributed by atoms with Gasteiger partial charge in [0.2, 0.25) is 0 Å². The number of nitriles is 1. The van der Waals surface area contributed by atoms with Gasteiger partial charge < -0.3 is 19.8 Å². The quantitative estimate of drug-likeness (QED) is 0.419. The smallest absolute Gasteiger partial charge is 0.121 e. The van der Waals surface area contributed by atoms with Gasteiger partial charge in [0.15, 0.2) is 0 Å². The summed E-state index contributed by atoms with van der Waals surface area (Å²) in [6, 6.07) is 22.7. The average Bonchev–Trinajstić information content (AvgIpc) is 2.89. The summed E-state index contributed by atoms with van der Waals surface area (Å²) in [7, 11) is 0. The van der Waals surface area contributed by atoms with Crippen molar-refractivity contribution < 1.29 is 14.9 Å². The minimum Gasteiger partial charge on any atom is -0.491 e. The van der Waals surface area contributed by atoms with Crippen LogP contribution in [-0.2, 0) is 0 Å². The van der Waals surface area contributed by atoms with Gasteiger partial charge in [-0.3, -0.25) is 4.90 Å². The van der Waals surface area contributed by atoms with Crippen LogP contribution in [0, 0.1) is 11.3 Å². The molecule has 0 spiro atoms. The van der Waals surface area contributed by atoms with Crippen molar-refractivity contribution in [2.45, 2.75) is 25.1 Å². The highest BCUT2D eigenvalue weighted by molar-refractivity contribution is 6.33. The number of aliphatic hydroxyl groups excluding tert-OH is 2. The van der Waals surface area contributed by atoms with E-state index < -0.39 is 6.10 Å². The largest absolute Gasteiger partial charge is 0.491 e. The molecule has 1 heterocycles. The van der Waals surface area contributed by atoms with Gasteiger partial charge in [0.1, 0.15) is 12.4 Å². The van der Waals surface area contributed by atoms with Crippen molar-refractivity contribution in [3.63, 3.8) is 0 Å². The first-order valence-corrected chi connectivity index (χ1v) is 12.6. The number of piperazine rings is 1. The number of ether oxygens (including phenoxy) is 1. The second-order valence-electron chi connectivity index (χ2n) is 8.96. The van der Waals surface area contributed by atoms with E-state index in [0.29, 0.717) is 41.0 Å². The van der Waals surface area contributed by atoms with E-state index >= 15 is 0 Å².